The van der Waals surface area contributed by atoms with Crippen LogP contribution in [0.3, 0.4) is 0 Å². The minimum Gasteiger partial charge on any atom is -0.508 e. The van der Waals surface area contributed by atoms with Gasteiger partial charge in [0, 0.05) is 39.3 Å². The van der Waals surface area contributed by atoms with Crippen LogP contribution >= 0.6 is 0 Å². The van der Waals surface area contributed by atoms with Crippen LogP contribution in [0.2, 0.25) is 0 Å². The second kappa shape index (κ2) is 12.4. The van der Waals surface area contributed by atoms with Crippen LogP contribution in [-0.2, 0) is 27.4 Å². The van der Waals surface area contributed by atoms with Gasteiger partial charge in [0.1, 0.15) is 18.1 Å². The van der Waals surface area contributed by atoms with Crippen molar-refractivity contribution in [3.05, 3.63) is 59.7 Å². The van der Waals surface area contributed by atoms with E-state index in [-0.39, 0.29) is 36.8 Å². The number of rotatable bonds is 10. The van der Waals surface area contributed by atoms with E-state index in [0.717, 1.165) is 16.9 Å². The van der Waals surface area contributed by atoms with Gasteiger partial charge in [0.05, 0.1) is 19.8 Å². The van der Waals surface area contributed by atoms with Gasteiger partial charge in [0.2, 0.25) is 11.8 Å². The van der Waals surface area contributed by atoms with Crippen molar-refractivity contribution in [1.29, 1.82) is 0 Å². The van der Waals surface area contributed by atoms with E-state index in [2.05, 4.69) is 0 Å². The van der Waals surface area contributed by atoms with Crippen LogP contribution in [0.5, 0.6) is 11.5 Å². The fourth-order valence-electron chi connectivity index (χ4n) is 4.10. The lowest BCUT2D eigenvalue weighted by Gasteiger charge is -2.26. The summed E-state index contributed by atoms with van der Waals surface area (Å²) in [6.45, 7) is 7.34. The van der Waals surface area contributed by atoms with Crippen LogP contribution in [0, 0.1) is 0 Å². The molecular formula is C26H35N3O5. The zero-order chi connectivity index (χ0) is 24.5. The van der Waals surface area contributed by atoms with E-state index in [1.807, 2.05) is 55.1 Å². The number of phenolic OH excluding ortho intramolecular Hbond substituents is 1. The maximum Gasteiger partial charge on any atom is 0.248 e. The summed E-state index contributed by atoms with van der Waals surface area (Å²) in [4.78, 5) is 31.3. The minimum atomic E-state index is -0.304. The first-order valence-electron chi connectivity index (χ1n) is 11.7. The van der Waals surface area contributed by atoms with Crippen molar-refractivity contribution in [3.8, 4) is 11.5 Å². The highest BCUT2D eigenvalue weighted by molar-refractivity contribution is 5.79. The number of hydrogen-bond donors (Lipinski definition) is 1. The average molecular weight is 470 g/mol. The lowest BCUT2D eigenvalue weighted by Crippen LogP contribution is -2.40. The number of nitrogens with zero attached hydrogens (tertiary/aromatic N) is 3. The molecule has 2 amide bonds. The van der Waals surface area contributed by atoms with Crippen molar-refractivity contribution < 1.29 is 24.2 Å². The molecule has 1 heterocycles. The van der Waals surface area contributed by atoms with Gasteiger partial charge in [0.25, 0.3) is 0 Å². The highest BCUT2D eigenvalue weighted by Crippen LogP contribution is 2.18. The largest absolute Gasteiger partial charge is 0.508 e. The normalized spacial score (nSPS) is 16.9. The average Bonchev–Trinajstić information content (AvgIpc) is 2.98. The first-order valence-corrected chi connectivity index (χ1v) is 11.7. The Kier molecular flexibility index (Phi) is 9.30. The molecule has 2 aromatic rings. The quantitative estimate of drug-likeness (QED) is 0.576. The Balaban J connectivity index is 1.73. The minimum absolute atomic E-state index is 0.00996. The molecule has 0 radical (unpaired) electrons. The van der Waals surface area contributed by atoms with E-state index in [4.69, 9.17) is 9.47 Å². The molecule has 1 unspecified atom stereocenters. The molecule has 1 aliphatic rings. The van der Waals surface area contributed by atoms with E-state index in [9.17, 15) is 14.7 Å². The van der Waals surface area contributed by atoms with Crippen molar-refractivity contribution in [3.63, 3.8) is 0 Å². The molecule has 1 N–H and O–H groups in total. The number of aromatic hydroxyl groups is 1. The van der Waals surface area contributed by atoms with Gasteiger partial charge >= 0.3 is 0 Å². The summed E-state index contributed by atoms with van der Waals surface area (Å²) in [5.41, 5.74) is 1.99. The lowest BCUT2D eigenvalue weighted by atomic mass is 10.2. The van der Waals surface area contributed by atoms with E-state index in [1.54, 1.807) is 29.0 Å². The van der Waals surface area contributed by atoms with Gasteiger partial charge in [-0.1, -0.05) is 24.3 Å². The molecule has 1 atom stereocenters. The van der Waals surface area contributed by atoms with Gasteiger partial charge in [-0.15, -0.1) is 0 Å². The molecular weight excluding hydrogens is 434 g/mol. The second-order valence-corrected chi connectivity index (χ2v) is 8.46. The summed E-state index contributed by atoms with van der Waals surface area (Å²) < 4.78 is 11.3. The predicted molar refractivity (Wildman–Crippen MR) is 129 cm³/mol. The lowest BCUT2D eigenvalue weighted by molar-refractivity contribution is -0.138. The SMILES string of the molecule is CCN(CC)C(=O)COC1CN(Cc2ccc(O)cc2)CC(=O)N(Cc2ccc(OC)cc2)C1. The van der Waals surface area contributed by atoms with Gasteiger partial charge < -0.3 is 24.4 Å². The third-order valence-electron chi connectivity index (χ3n) is 6.03. The third-order valence-corrected chi connectivity index (χ3v) is 6.03. The van der Waals surface area contributed by atoms with Crippen molar-refractivity contribution >= 4 is 11.8 Å². The molecule has 34 heavy (non-hydrogen) atoms. The summed E-state index contributed by atoms with van der Waals surface area (Å²) in [5, 5.41) is 9.57. The van der Waals surface area contributed by atoms with Gasteiger partial charge in [-0.2, -0.15) is 0 Å². The molecule has 0 saturated carbocycles. The number of likely N-dealkylation sites (N-methyl/N-ethyl adjacent to an activating group) is 1. The molecule has 1 fully saturated rings. The molecule has 184 valence electrons. The van der Waals surface area contributed by atoms with Crippen LogP contribution in [0.25, 0.3) is 0 Å². The number of amides is 2. The van der Waals surface area contributed by atoms with Crippen molar-refractivity contribution in [2.75, 3.05) is 46.4 Å². The van der Waals surface area contributed by atoms with Crippen LogP contribution in [0.15, 0.2) is 48.5 Å². The summed E-state index contributed by atoms with van der Waals surface area (Å²) in [7, 11) is 1.62. The Morgan fingerprint density at radius 2 is 1.62 bits per heavy atom. The number of carbonyl (C=O) groups excluding carboxylic acids is 2. The monoisotopic (exact) mass is 469 g/mol. The molecule has 0 aromatic heterocycles. The van der Waals surface area contributed by atoms with Gasteiger partial charge in [-0.05, 0) is 49.2 Å². The first kappa shape index (κ1) is 25.5. The Bertz CT molecular complexity index is 928. The molecule has 2 aromatic carbocycles. The fourth-order valence-corrected chi connectivity index (χ4v) is 4.10. The Labute approximate surface area is 201 Å². The molecule has 0 aliphatic carbocycles. The molecule has 8 heteroatoms. The molecule has 8 nitrogen and oxygen atoms in total. The number of phenols is 1. The van der Waals surface area contributed by atoms with Gasteiger partial charge in [0.15, 0.2) is 0 Å². The Morgan fingerprint density at radius 3 is 2.24 bits per heavy atom. The fraction of sp³-hybridized carbons (Fsp3) is 0.462. The van der Waals surface area contributed by atoms with Gasteiger partial charge in [-0.3, -0.25) is 14.5 Å². The molecule has 3 rings (SSSR count). The van der Waals surface area contributed by atoms with Crippen molar-refractivity contribution in [2.24, 2.45) is 0 Å². The summed E-state index contributed by atoms with van der Waals surface area (Å²) in [6.07, 6.45) is -0.304. The summed E-state index contributed by atoms with van der Waals surface area (Å²) in [6, 6.07) is 14.6. The number of benzene rings is 2. The molecule has 1 aliphatic heterocycles. The zero-order valence-corrected chi connectivity index (χ0v) is 20.3. The Morgan fingerprint density at radius 1 is 1.00 bits per heavy atom. The molecule has 0 bridgehead atoms. The summed E-state index contributed by atoms with van der Waals surface area (Å²) >= 11 is 0. The van der Waals surface area contributed by atoms with Crippen LogP contribution < -0.4 is 4.74 Å². The molecule has 1 saturated heterocycles. The highest BCUT2D eigenvalue weighted by atomic mass is 16.5. The topological polar surface area (TPSA) is 82.6 Å². The highest BCUT2D eigenvalue weighted by Gasteiger charge is 2.29. The van der Waals surface area contributed by atoms with E-state index in [0.29, 0.717) is 39.3 Å². The number of ether oxygens (including phenoxy) is 2. The van der Waals surface area contributed by atoms with Crippen molar-refractivity contribution in [1.82, 2.24) is 14.7 Å². The van der Waals surface area contributed by atoms with E-state index < -0.39 is 0 Å². The second-order valence-electron chi connectivity index (χ2n) is 8.46. The standard InChI is InChI=1S/C26H35N3O5/c1-4-28(5-2)26(32)19-34-24-16-27(14-20-6-10-22(30)11-7-20)18-25(31)29(17-24)15-21-8-12-23(33-3)13-9-21/h6-13,24,30H,4-5,14-19H2,1-3H3. The van der Waals surface area contributed by atoms with Crippen LogP contribution in [0.1, 0.15) is 25.0 Å². The smallest absolute Gasteiger partial charge is 0.248 e. The maximum atomic E-state index is 13.2. The zero-order valence-electron chi connectivity index (χ0n) is 20.3. The van der Waals surface area contributed by atoms with Crippen LogP contribution in [-0.4, -0.2) is 84.2 Å². The van der Waals surface area contributed by atoms with Crippen molar-refractivity contribution in [2.45, 2.75) is 33.0 Å². The summed E-state index contributed by atoms with van der Waals surface area (Å²) in [5.74, 6) is 0.933. The number of carbonyl (C=O) groups is 2. The number of methoxy groups -OCH3 is 1. The maximum absolute atomic E-state index is 13.2. The van der Waals surface area contributed by atoms with Gasteiger partial charge in [-0.25, -0.2) is 0 Å². The first-order chi connectivity index (χ1) is 16.4. The van der Waals surface area contributed by atoms with Crippen LogP contribution in [0.4, 0.5) is 0 Å². The number of hydrogen-bond acceptors (Lipinski definition) is 6. The Hall–Kier alpha value is -3.10. The van der Waals surface area contributed by atoms with E-state index in [1.165, 1.54) is 0 Å². The predicted octanol–water partition coefficient (Wildman–Crippen LogP) is 2.50. The van der Waals surface area contributed by atoms with E-state index >= 15 is 0 Å². The third kappa shape index (κ3) is 7.20. The molecule has 0 spiro atoms.